The zero-order chi connectivity index (χ0) is 15.1. The summed E-state index contributed by atoms with van der Waals surface area (Å²) < 4.78 is 10.9. The summed E-state index contributed by atoms with van der Waals surface area (Å²) in [6, 6.07) is 6.05. The van der Waals surface area contributed by atoms with Gasteiger partial charge in [-0.15, -0.1) is 0 Å². The van der Waals surface area contributed by atoms with Crippen molar-refractivity contribution in [3.8, 4) is 5.75 Å². The lowest BCUT2D eigenvalue weighted by molar-refractivity contribution is 0.0629. The predicted octanol–water partition coefficient (Wildman–Crippen LogP) is 2.36. The van der Waals surface area contributed by atoms with Gasteiger partial charge in [-0.05, 0) is 33.9 Å². The second kappa shape index (κ2) is 8.25. The SMILES string of the molecule is COc1ccc(C)cc1C(N)CN(C)CCOC(C)C. The molecule has 1 unspecified atom stereocenters. The molecule has 0 spiro atoms. The first-order valence-electron chi connectivity index (χ1n) is 7.14. The third-order valence-electron chi connectivity index (χ3n) is 3.22. The Morgan fingerprint density at radius 1 is 1.30 bits per heavy atom. The van der Waals surface area contributed by atoms with Crippen LogP contribution in [-0.4, -0.2) is 44.9 Å². The molecular weight excluding hydrogens is 252 g/mol. The van der Waals surface area contributed by atoms with E-state index in [4.69, 9.17) is 15.2 Å². The lowest BCUT2D eigenvalue weighted by atomic mass is 10.0. The van der Waals surface area contributed by atoms with E-state index in [1.54, 1.807) is 7.11 Å². The number of ether oxygens (including phenoxy) is 2. The molecule has 0 aliphatic heterocycles. The Hall–Kier alpha value is -1.10. The molecule has 0 aliphatic rings. The van der Waals surface area contributed by atoms with Crippen molar-refractivity contribution < 1.29 is 9.47 Å². The highest BCUT2D eigenvalue weighted by Gasteiger charge is 2.14. The molecule has 114 valence electrons. The number of hydrogen-bond donors (Lipinski definition) is 1. The molecular formula is C16H28N2O2. The third-order valence-corrected chi connectivity index (χ3v) is 3.22. The molecule has 1 rings (SSSR count). The predicted molar refractivity (Wildman–Crippen MR) is 83.2 cm³/mol. The number of rotatable bonds is 8. The molecule has 0 saturated carbocycles. The summed E-state index contributed by atoms with van der Waals surface area (Å²) in [6.07, 6.45) is 0.272. The summed E-state index contributed by atoms with van der Waals surface area (Å²) in [5, 5.41) is 0. The minimum Gasteiger partial charge on any atom is -0.496 e. The lowest BCUT2D eigenvalue weighted by Crippen LogP contribution is -2.32. The van der Waals surface area contributed by atoms with Crippen molar-refractivity contribution in [3.63, 3.8) is 0 Å². The Labute approximate surface area is 122 Å². The molecule has 4 nitrogen and oxygen atoms in total. The van der Waals surface area contributed by atoms with Gasteiger partial charge < -0.3 is 20.1 Å². The molecule has 0 fully saturated rings. The van der Waals surface area contributed by atoms with Gasteiger partial charge in [-0.1, -0.05) is 17.7 Å². The van der Waals surface area contributed by atoms with E-state index in [0.717, 1.165) is 31.0 Å². The van der Waals surface area contributed by atoms with Crippen molar-refractivity contribution in [1.82, 2.24) is 4.90 Å². The summed E-state index contributed by atoms with van der Waals surface area (Å²) in [7, 11) is 3.74. The molecule has 0 bridgehead atoms. The lowest BCUT2D eigenvalue weighted by Gasteiger charge is -2.23. The molecule has 1 aromatic carbocycles. The van der Waals surface area contributed by atoms with E-state index in [-0.39, 0.29) is 12.1 Å². The Morgan fingerprint density at radius 3 is 2.60 bits per heavy atom. The molecule has 1 atom stereocenters. The van der Waals surface area contributed by atoms with E-state index in [1.807, 2.05) is 26.0 Å². The average molecular weight is 280 g/mol. The number of hydrogen-bond acceptors (Lipinski definition) is 4. The quantitative estimate of drug-likeness (QED) is 0.794. The fourth-order valence-electron chi connectivity index (χ4n) is 2.11. The maximum absolute atomic E-state index is 6.31. The molecule has 1 aromatic rings. The molecule has 0 saturated heterocycles. The highest BCUT2D eigenvalue weighted by molar-refractivity contribution is 5.39. The molecule has 0 aliphatic carbocycles. The van der Waals surface area contributed by atoms with E-state index >= 15 is 0 Å². The first kappa shape index (κ1) is 17.0. The van der Waals surface area contributed by atoms with Crippen LogP contribution < -0.4 is 10.5 Å². The standard InChI is InChI=1S/C16H28N2O2/c1-12(2)20-9-8-18(4)11-15(17)14-10-13(3)6-7-16(14)19-5/h6-7,10,12,15H,8-9,11,17H2,1-5H3. The van der Waals surface area contributed by atoms with Gasteiger partial charge in [0.05, 0.1) is 19.8 Å². The van der Waals surface area contributed by atoms with Crippen LogP contribution in [0.5, 0.6) is 5.75 Å². The van der Waals surface area contributed by atoms with Gasteiger partial charge in [-0.25, -0.2) is 0 Å². The number of likely N-dealkylation sites (N-methyl/N-ethyl adjacent to an activating group) is 1. The van der Waals surface area contributed by atoms with Crippen LogP contribution in [0.2, 0.25) is 0 Å². The average Bonchev–Trinajstić information content (AvgIpc) is 2.38. The van der Waals surface area contributed by atoms with E-state index in [0.29, 0.717) is 0 Å². The second-order valence-corrected chi connectivity index (χ2v) is 5.53. The Morgan fingerprint density at radius 2 is 2.00 bits per heavy atom. The summed E-state index contributed by atoms with van der Waals surface area (Å²) in [5.41, 5.74) is 8.57. The van der Waals surface area contributed by atoms with Crippen LogP contribution in [-0.2, 0) is 4.74 Å². The van der Waals surface area contributed by atoms with Gasteiger partial charge in [-0.3, -0.25) is 0 Å². The Balaban J connectivity index is 2.57. The zero-order valence-electron chi connectivity index (χ0n) is 13.3. The van der Waals surface area contributed by atoms with E-state index < -0.39 is 0 Å². The molecule has 4 heteroatoms. The number of aryl methyl sites for hydroxylation is 1. The van der Waals surface area contributed by atoms with Crippen LogP contribution in [0.4, 0.5) is 0 Å². The van der Waals surface area contributed by atoms with Gasteiger partial charge in [0.25, 0.3) is 0 Å². The van der Waals surface area contributed by atoms with Crippen molar-refractivity contribution in [2.45, 2.75) is 32.9 Å². The number of methoxy groups -OCH3 is 1. The maximum Gasteiger partial charge on any atom is 0.123 e. The fourth-order valence-corrected chi connectivity index (χ4v) is 2.11. The summed E-state index contributed by atoms with van der Waals surface area (Å²) >= 11 is 0. The largest absolute Gasteiger partial charge is 0.496 e. The minimum absolute atomic E-state index is 0.0612. The molecule has 2 N–H and O–H groups in total. The van der Waals surface area contributed by atoms with Gasteiger partial charge in [0, 0.05) is 24.7 Å². The van der Waals surface area contributed by atoms with Gasteiger partial charge >= 0.3 is 0 Å². The molecule has 0 amide bonds. The minimum atomic E-state index is -0.0612. The topological polar surface area (TPSA) is 47.7 Å². The Bertz CT molecular complexity index is 407. The van der Waals surface area contributed by atoms with Crippen LogP contribution in [0.1, 0.15) is 31.0 Å². The number of nitrogens with zero attached hydrogens (tertiary/aromatic N) is 1. The van der Waals surface area contributed by atoms with Crippen LogP contribution in [0, 0.1) is 6.92 Å². The van der Waals surface area contributed by atoms with Crippen LogP contribution >= 0.6 is 0 Å². The summed E-state index contributed by atoms with van der Waals surface area (Å²) in [5.74, 6) is 0.856. The fraction of sp³-hybridized carbons (Fsp3) is 0.625. The van der Waals surface area contributed by atoms with Crippen molar-refractivity contribution in [3.05, 3.63) is 29.3 Å². The molecule has 0 radical (unpaired) electrons. The van der Waals surface area contributed by atoms with E-state index in [2.05, 4.69) is 24.9 Å². The second-order valence-electron chi connectivity index (χ2n) is 5.53. The maximum atomic E-state index is 6.31. The van der Waals surface area contributed by atoms with Crippen molar-refractivity contribution in [1.29, 1.82) is 0 Å². The highest BCUT2D eigenvalue weighted by Crippen LogP contribution is 2.25. The first-order chi connectivity index (χ1) is 9.43. The van der Waals surface area contributed by atoms with Crippen LogP contribution in [0.3, 0.4) is 0 Å². The van der Waals surface area contributed by atoms with Crippen molar-refractivity contribution >= 4 is 0 Å². The monoisotopic (exact) mass is 280 g/mol. The van der Waals surface area contributed by atoms with Crippen molar-refractivity contribution in [2.75, 3.05) is 33.9 Å². The normalized spacial score (nSPS) is 13.0. The van der Waals surface area contributed by atoms with Gasteiger partial charge in [-0.2, -0.15) is 0 Å². The number of benzene rings is 1. The van der Waals surface area contributed by atoms with E-state index in [1.165, 1.54) is 5.56 Å². The molecule has 20 heavy (non-hydrogen) atoms. The first-order valence-corrected chi connectivity index (χ1v) is 7.14. The van der Waals surface area contributed by atoms with Crippen LogP contribution in [0.25, 0.3) is 0 Å². The molecule has 0 aromatic heterocycles. The molecule has 0 heterocycles. The third kappa shape index (κ3) is 5.49. The van der Waals surface area contributed by atoms with Crippen LogP contribution in [0.15, 0.2) is 18.2 Å². The van der Waals surface area contributed by atoms with Crippen molar-refractivity contribution in [2.24, 2.45) is 5.73 Å². The summed E-state index contributed by atoms with van der Waals surface area (Å²) in [6.45, 7) is 8.54. The van der Waals surface area contributed by atoms with Gasteiger partial charge in [0.15, 0.2) is 0 Å². The van der Waals surface area contributed by atoms with E-state index in [9.17, 15) is 0 Å². The Kier molecular flexibility index (Phi) is 6.99. The van der Waals surface area contributed by atoms with Gasteiger partial charge in [0.2, 0.25) is 0 Å². The van der Waals surface area contributed by atoms with Gasteiger partial charge in [0.1, 0.15) is 5.75 Å². The zero-order valence-corrected chi connectivity index (χ0v) is 13.3. The smallest absolute Gasteiger partial charge is 0.123 e. The number of nitrogens with two attached hydrogens (primary N) is 1. The highest BCUT2D eigenvalue weighted by atomic mass is 16.5. The summed E-state index contributed by atoms with van der Waals surface area (Å²) in [4.78, 5) is 2.19.